The van der Waals surface area contributed by atoms with Crippen LogP contribution in [-0.4, -0.2) is 27.2 Å². The molecule has 0 unspecified atom stereocenters. The zero-order valence-electron chi connectivity index (χ0n) is 18.3. The molecular weight excluding hydrogens is 455 g/mol. The van der Waals surface area contributed by atoms with E-state index in [0.717, 1.165) is 15.9 Å². The summed E-state index contributed by atoms with van der Waals surface area (Å²) < 4.78 is 46.3. The van der Waals surface area contributed by atoms with E-state index in [1.807, 2.05) is 78.9 Å². The van der Waals surface area contributed by atoms with Crippen LogP contribution < -0.4 is 30.7 Å². The maximum absolute atomic E-state index is 12.5. The molecule has 0 aliphatic rings. The molecule has 0 aliphatic heterocycles. The summed E-state index contributed by atoms with van der Waals surface area (Å²) in [6.45, 7) is 0. The lowest BCUT2D eigenvalue weighted by Crippen LogP contribution is -2.40. The number of hydrogen-bond donors (Lipinski definition) is 1. The molecule has 0 heterocycles. The summed E-state index contributed by atoms with van der Waals surface area (Å²) in [6.07, 6.45) is 0. The largest absolute Gasteiger partial charge is 0.493 e. The van der Waals surface area contributed by atoms with E-state index in [9.17, 15) is 13.0 Å². The standard InChI is InChI=1S/C26H23O5PS/c1-30-23-18-17-22(19-24(23)31-2)32(20-11-5-3-6-12-20,21-13-7-4-8-14-21)25-15-9-10-16-26(25)33(27,28)29/h3-19H,1-2H3/p+1. The van der Waals surface area contributed by atoms with Crippen molar-refractivity contribution >= 4 is 38.6 Å². The Morgan fingerprint density at radius 3 is 1.67 bits per heavy atom. The van der Waals surface area contributed by atoms with E-state index in [-0.39, 0.29) is 4.90 Å². The van der Waals surface area contributed by atoms with Gasteiger partial charge in [0.2, 0.25) is 0 Å². The van der Waals surface area contributed by atoms with Gasteiger partial charge in [-0.15, -0.1) is 0 Å². The Morgan fingerprint density at radius 1 is 0.636 bits per heavy atom. The number of hydrogen-bond acceptors (Lipinski definition) is 4. The summed E-state index contributed by atoms with van der Waals surface area (Å²) in [6, 6.07) is 31.9. The number of rotatable bonds is 7. The summed E-state index contributed by atoms with van der Waals surface area (Å²) in [5.41, 5.74) is 0. The first-order chi connectivity index (χ1) is 15.9. The Hall–Kier alpha value is -3.18. The molecule has 0 aromatic heterocycles. The summed E-state index contributed by atoms with van der Waals surface area (Å²) in [7, 11) is -4.14. The second-order valence-corrected chi connectivity index (χ2v) is 12.1. The van der Waals surface area contributed by atoms with E-state index in [1.54, 1.807) is 32.4 Å². The molecule has 5 nitrogen and oxygen atoms in total. The molecule has 0 amide bonds. The van der Waals surface area contributed by atoms with Gasteiger partial charge >= 0.3 is 0 Å². The van der Waals surface area contributed by atoms with Crippen LogP contribution in [0.1, 0.15) is 0 Å². The minimum atomic E-state index is -4.50. The molecule has 33 heavy (non-hydrogen) atoms. The molecule has 0 saturated heterocycles. The van der Waals surface area contributed by atoms with Crippen molar-refractivity contribution in [1.29, 1.82) is 0 Å². The Labute approximate surface area is 194 Å². The molecule has 4 rings (SSSR count). The van der Waals surface area contributed by atoms with Gasteiger partial charge in [0.25, 0.3) is 10.1 Å². The molecule has 4 aromatic carbocycles. The first kappa shape index (κ1) is 23.0. The van der Waals surface area contributed by atoms with Crippen LogP contribution in [0.15, 0.2) is 108 Å². The molecule has 0 atom stereocenters. The summed E-state index contributed by atoms with van der Waals surface area (Å²) in [5.74, 6) is 1.11. The van der Waals surface area contributed by atoms with Gasteiger partial charge < -0.3 is 9.47 Å². The van der Waals surface area contributed by atoms with Gasteiger partial charge in [0, 0.05) is 6.07 Å². The number of ether oxygens (including phenoxy) is 2. The maximum atomic E-state index is 12.5. The van der Waals surface area contributed by atoms with Crippen molar-refractivity contribution in [2.45, 2.75) is 4.90 Å². The van der Waals surface area contributed by atoms with Gasteiger partial charge in [-0.25, -0.2) is 0 Å². The fourth-order valence-electron chi connectivity index (χ4n) is 4.15. The number of benzene rings is 4. The first-order valence-electron chi connectivity index (χ1n) is 10.2. The average molecular weight is 480 g/mol. The molecule has 168 valence electrons. The van der Waals surface area contributed by atoms with Crippen LogP contribution in [0.25, 0.3) is 0 Å². The molecule has 0 bridgehead atoms. The monoisotopic (exact) mass is 479 g/mol. The molecule has 0 spiro atoms. The fourth-order valence-corrected chi connectivity index (χ4v) is 9.78. The second-order valence-electron chi connectivity index (χ2n) is 7.32. The van der Waals surface area contributed by atoms with Crippen LogP contribution in [-0.2, 0) is 10.1 Å². The minimum Gasteiger partial charge on any atom is -0.493 e. The van der Waals surface area contributed by atoms with Gasteiger partial charge in [-0.1, -0.05) is 48.5 Å². The quantitative estimate of drug-likeness (QED) is 0.324. The van der Waals surface area contributed by atoms with E-state index < -0.39 is 17.4 Å². The molecule has 0 saturated carbocycles. The van der Waals surface area contributed by atoms with E-state index in [4.69, 9.17) is 9.47 Å². The highest BCUT2D eigenvalue weighted by Gasteiger charge is 2.51. The van der Waals surface area contributed by atoms with E-state index in [0.29, 0.717) is 16.8 Å². The van der Waals surface area contributed by atoms with Gasteiger partial charge in [0.15, 0.2) is 11.5 Å². The highest BCUT2D eigenvalue weighted by molar-refractivity contribution is 8.02. The predicted octanol–water partition coefficient (Wildman–Crippen LogP) is 3.57. The highest BCUT2D eigenvalue weighted by atomic mass is 32.2. The third kappa shape index (κ3) is 4.13. The second kappa shape index (κ2) is 9.36. The van der Waals surface area contributed by atoms with Crippen LogP contribution >= 0.6 is 7.26 Å². The molecule has 0 aliphatic carbocycles. The predicted molar refractivity (Wildman–Crippen MR) is 134 cm³/mol. The summed E-state index contributed by atoms with van der Waals surface area (Å²) in [5, 5.41) is 3.30. The Kier molecular flexibility index (Phi) is 6.52. The van der Waals surface area contributed by atoms with Gasteiger partial charge in [-0.3, -0.25) is 4.55 Å². The van der Waals surface area contributed by atoms with E-state index in [2.05, 4.69) is 0 Å². The van der Waals surface area contributed by atoms with Crippen molar-refractivity contribution in [1.82, 2.24) is 0 Å². The third-order valence-electron chi connectivity index (χ3n) is 5.55. The third-order valence-corrected chi connectivity index (χ3v) is 10.9. The van der Waals surface area contributed by atoms with Crippen molar-refractivity contribution in [3.63, 3.8) is 0 Å². The number of methoxy groups -OCH3 is 2. The first-order valence-corrected chi connectivity index (χ1v) is 13.5. The van der Waals surface area contributed by atoms with Crippen LogP contribution in [0, 0.1) is 0 Å². The van der Waals surface area contributed by atoms with Crippen LogP contribution in [0.2, 0.25) is 0 Å². The molecule has 0 radical (unpaired) electrons. The van der Waals surface area contributed by atoms with Crippen LogP contribution in [0.3, 0.4) is 0 Å². The zero-order valence-corrected chi connectivity index (χ0v) is 20.0. The lowest BCUT2D eigenvalue weighted by atomic mass is 10.3. The van der Waals surface area contributed by atoms with Crippen molar-refractivity contribution < 1.29 is 22.4 Å². The average Bonchev–Trinajstić information content (AvgIpc) is 2.85. The Morgan fingerprint density at radius 2 is 1.15 bits per heavy atom. The lowest BCUT2D eigenvalue weighted by Gasteiger charge is -2.29. The van der Waals surface area contributed by atoms with E-state index >= 15 is 0 Å². The van der Waals surface area contributed by atoms with Gasteiger partial charge in [-0.05, 0) is 48.5 Å². The van der Waals surface area contributed by atoms with E-state index in [1.165, 1.54) is 6.07 Å². The zero-order chi connectivity index (χ0) is 23.5. The lowest BCUT2D eigenvalue weighted by molar-refractivity contribution is 0.355. The van der Waals surface area contributed by atoms with Crippen LogP contribution in [0.5, 0.6) is 11.5 Å². The Balaban J connectivity index is 2.23. The molecule has 7 heteroatoms. The molecule has 0 fully saturated rings. The van der Waals surface area contributed by atoms with Gasteiger partial charge in [0.05, 0.1) is 14.2 Å². The highest BCUT2D eigenvalue weighted by Crippen LogP contribution is 2.56. The minimum absolute atomic E-state index is 0.110. The van der Waals surface area contributed by atoms with Crippen molar-refractivity contribution in [2.24, 2.45) is 0 Å². The summed E-state index contributed by atoms with van der Waals surface area (Å²) >= 11 is 0. The van der Waals surface area contributed by atoms with Crippen molar-refractivity contribution in [3.05, 3.63) is 103 Å². The molecule has 4 aromatic rings. The maximum Gasteiger partial charge on any atom is 0.298 e. The summed E-state index contributed by atoms with van der Waals surface area (Å²) in [4.78, 5) is -0.110. The normalized spacial score (nSPS) is 11.7. The van der Waals surface area contributed by atoms with Crippen molar-refractivity contribution in [3.8, 4) is 11.5 Å². The van der Waals surface area contributed by atoms with Crippen molar-refractivity contribution in [2.75, 3.05) is 14.2 Å². The van der Waals surface area contributed by atoms with Crippen LogP contribution in [0.4, 0.5) is 0 Å². The van der Waals surface area contributed by atoms with Gasteiger partial charge in [-0.2, -0.15) is 8.42 Å². The molecule has 1 N–H and O–H groups in total. The molecular formula is C26H24O5PS+. The van der Waals surface area contributed by atoms with Gasteiger partial charge in [0.1, 0.15) is 33.4 Å². The topological polar surface area (TPSA) is 72.8 Å². The SMILES string of the molecule is COc1ccc([P+](c2ccccc2)(c2ccccc2)c2ccccc2S(=O)(=O)O)cc1OC. The smallest absolute Gasteiger partial charge is 0.298 e. The fraction of sp³-hybridized carbons (Fsp3) is 0.0769. The Bertz CT molecular complexity index is 1320.